The fourth-order valence-electron chi connectivity index (χ4n) is 2.28. The maximum absolute atomic E-state index is 5.61. The summed E-state index contributed by atoms with van der Waals surface area (Å²) in [6.07, 6.45) is 0. The highest BCUT2D eigenvalue weighted by Crippen LogP contribution is 2.15. The molecule has 0 bridgehead atoms. The van der Waals surface area contributed by atoms with E-state index in [1.54, 1.807) is 7.11 Å². The molecule has 0 spiro atoms. The first kappa shape index (κ1) is 17.4. The number of aryl methyl sites for hydroxylation is 2. The zero-order chi connectivity index (χ0) is 16.7. The molecule has 0 fully saturated rings. The molecule has 0 aliphatic heterocycles. The number of methoxy groups -OCH3 is 1. The Morgan fingerprint density at radius 3 is 2.48 bits per heavy atom. The second kappa shape index (κ2) is 8.65. The predicted molar refractivity (Wildman–Crippen MR) is 101 cm³/mol. The van der Waals surface area contributed by atoms with Crippen LogP contribution in [0.3, 0.4) is 0 Å². The molecule has 0 radical (unpaired) electrons. The van der Waals surface area contributed by atoms with E-state index in [1.807, 2.05) is 18.2 Å². The monoisotopic (exact) mass is 328 g/mol. The van der Waals surface area contributed by atoms with Crippen LogP contribution in [0.25, 0.3) is 0 Å². The van der Waals surface area contributed by atoms with Gasteiger partial charge >= 0.3 is 0 Å². The summed E-state index contributed by atoms with van der Waals surface area (Å²) < 4.78 is 5.22. The van der Waals surface area contributed by atoms with Gasteiger partial charge in [-0.2, -0.15) is 0 Å². The molecule has 4 heteroatoms. The Kier molecular flexibility index (Phi) is 6.56. The molecule has 0 saturated carbocycles. The van der Waals surface area contributed by atoms with Crippen LogP contribution >= 0.6 is 12.2 Å². The molecule has 2 aromatic carbocycles. The average Bonchev–Trinajstić information content (AvgIpc) is 2.55. The summed E-state index contributed by atoms with van der Waals surface area (Å²) in [6, 6.07) is 16.6. The lowest BCUT2D eigenvalue weighted by atomic mass is 10.1. The summed E-state index contributed by atoms with van der Waals surface area (Å²) in [5, 5.41) is 4.06. The first-order valence-electron chi connectivity index (χ1n) is 7.76. The van der Waals surface area contributed by atoms with E-state index < -0.39 is 0 Å². The maximum atomic E-state index is 5.61. The van der Waals surface area contributed by atoms with Crippen molar-refractivity contribution in [2.24, 2.45) is 0 Å². The number of rotatable bonds is 6. The molecule has 0 heterocycles. The van der Waals surface area contributed by atoms with Crippen molar-refractivity contribution >= 4 is 23.0 Å². The number of hydrogen-bond acceptors (Lipinski definition) is 2. The summed E-state index contributed by atoms with van der Waals surface area (Å²) in [4.78, 5) is 2.13. The van der Waals surface area contributed by atoms with Gasteiger partial charge in [0.1, 0.15) is 0 Å². The zero-order valence-corrected chi connectivity index (χ0v) is 14.8. The van der Waals surface area contributed by atoms with Crippen LogP contribution in [0.5, 0.6) is 0 Å². The highest BCUT2D eigenvalue weighted by atomic mass is 32.1. The van der Waals surface area contributed by atoms with Crippen molar-refractivity contribution in [3.05, 3.63) is 65.2 Å². The molecule has 23 heavy (non-hydrogen) atoms. The van der Waals surface area contributed by atoms with Crippen LogP contribution in [0.2, 0.25) is 0 Å². The molecular weight excluding hydrogens is 304 g/mol. The Morgan fingerprint density at radius 2 is 1.83 bits per heavy atom. The van der Waals surface area contributed by atoms with Gasteiger partial charge in [0.15, 0.2) is 5.11 Å². The summed E-state index contributed by atoms with van der Waals surface area (Å²) in [6.45, 7) is 6.37. The number of ether oxygens (including phenoxy) is 1. The lowest BCUT2D eigenvalue weighted by molar-refractivity contribution is 0.175. The van der Waals surface area contributed by atoms with Crippen LogP contribution in [0.15, 0.2) is 48.5 Å². The van der Waals surface area contributed by atoms with Crippen LogP contribution < -0.4 is 5.32 Å². The summed E-state index contributed by atoms with van der Waals surface area (Å²) in [5.41, 5.74) is 4.78. The van der Waals surface area contributed by atoms with E-state index in [0.29, 0.717) is 11.7 Å². The van der Waals surface area contributed by atoms with E-state index in [1.165, 1.54) is 16.7 Å². The standard InChI is InChI=1S/C19H24N2OS/c1-15-9-10-18(13-16(15)2)20-19(23)21(11-12-22-3)14-17-7-5-4-6-8-17/h4-10,13H,11-12,14H2,1-3H3,(H,20,23). The number of benzene rings is 2. The molecule has 0 aromatic heterocycles. The lowest BCUT2D eigenvalue weighted by Gasteiger charge is -2.26. The third-order valence-corrected chi connectivity index (χ3v) is 4.19. The van der Waals surface area contributed by atoms with Gasteiger partial charge in [0.2, 0.25) is 0 Å². The van der Waals surface area contributed by atoms with Crippen LogP contribution in [0, 0.1) is 13.8 Å². The second-order valence-electron chi connectivity index (χ2n) is 5.63. The smallest absolute Gasteiger partial charge is 0.173 e. The fourth-order valence-corrected chi connectivity index (χ4v) is 2.55. The van der Waals surface area contributed by atoms with Gasteiger partial charge in [0, 0.05) is 25.9 Å². The van der Waals surface area contributed by atoms with Gasteiger partial charge in [-0.1, -0.05) is 36.4 Å². The number of anilines is 1. The number of nitrogens with zero attached hydrogens (tertiary/aromatic N) is 1. The van der Waals surface area contributed by atoms with E-state index in [0.717, 1.165) is 18.8 Å². The van der Waals surface area contributed by atoms with E-state index in [-0.39, 0.29) is 0 Å². The largest absolute Gasteiger partial charge is 0.383 e. The quantitative estimate of drug-likeness (QED) is 0.805. The Bertz CT molecular complexity index is 643. The first-order valence-corrected chi connectivity index (χ1v) is 8.17. The van der Waals surface area contributed by atoms with Gasteiger partial charge in [-0.05, 0) is 54.9 Å². The summed E-state index contributed by atoms with van der Waals surface area (Å²) in [7, 11) is 1.71. The summed E-state index contributed by atoms with van der Waals surface area (Å²) >= 11 is 5.61. The molecule has 0 atom stereocenters. The molecular formula is C19H24N2OS. The predicted octanol–water partition coefficient (Wildman–Crippen LogP) is 4.15. The van der Waals surface area contributed by atoms with Gasteiger partial charge in [0.05, 0.1) is 6.61 Å². The zero-order valence-electron chi connectivity index (χ0n) is 14.0. The van der Waals surface area contributed by atoms with E-state index in [2.05, 4.69) is 54.4 Å². The number of thiocarbonyl (C=S) groups is 1. The molecule has 0 aliphatic carbocycles. The number of nitrogens with one attached hydrogen (secondary N) is 1. The molecule has 2 rings (SSSR count). The second-order valence-corrected chi connectivity index (χ2v) is 6.02. The van der Waals surface area contributed by atoms with Crippen LogP contribution in [-0.4, -0.2) is 30.3 Å². The fraction of sp³-hybridized carbons (Fsp3) is 0.316. The van der Waals surface area contributed by atoms with Crippen LogP contribution in [0.4, 0.5) is 5.69 Å². The van der Waals surface area contributed by atoms with Crippen molar-refractivity contribution in [1.82, 2.24) is 4.90 Å². The van der Waals surface area contributed by atoms with E-state index in [4.69, 9.17) is 17.0 Å². The topological polar surface area (TPSA) is 24.5 Å². The molecule has 122 valence electrons. The highest BCUT2D eigenvalue weighted by Gasteiger charge is 2.11. The Balaban J connectivity index is 2.07. The SMILES string of the molecule is COCCN(Cc1ccccc1)C(=S)Nc1ccc(C)c(C)c1. The Morgan fingerprint density at radius 1 is 1.09 bits per heavy atom. The Hall–Kier alpha value is -1.91. The first-order chi connectivity index (χ1) is 11.1. The van der Waals surface area contributed by atoms with Crippen molar-refractivity contribution in [2.75, 3.05) is 25.6 Å². The summed E-state index contributed by atoms with van der Waals surface area (Å²) in [5.74, 6) is 0. The van der Waals surface area contributed by atoms with Crippen molar-refractivity contribution < 1.29 is 4.74 Å². The molecule has 1 N–H and O–H groups in total. The maximum Gasteiger partial charge on any atom is 0.173 e. The molecule has 0 saturated heterocycles. The average molecular weight is 328 g/mol. The van der Waals surface area contributed by atoms with Crippen molar-refractivity contribution in [3.8, 4) is 0 Å². The highest BCUT2D eigenvalue weighted by molar-refractivity contribution is 7.80. The molecule has 0 aliphatic rings. The minimum Gasteiger partial charge on any atom is -0.383 e. The van der Waals surface area contributed by atoms with Gasteiger partial charge in [0.25, 0.3) is 0 Å². The van der Waals surface area contributed by atoms with Crippen LogP contribution in [0.1, 0.15) is 16.7 Å². The van der Waals surface area contributed by atoms with Crippen molar-refractivity contribution in [2.45, 2.75) is 20.4 Å². The van der Waals surface area contributed by atoms with E-state index >= 15 is 0 Å². The number of hydrogen-bond donors (Lipinski definition) is 1. The van der Waals surface area contributed by atoms with E-state index in [9.17, 15) is 0 Å². The third kappa shape index (κ3) is 5.34. The Labute approximate surface area is 144 Å². The van der Waals surface area contributed by atoms with Gasteiger partial charge in [-0.3, -0.25) is 0 Å². The minimum absolute atomic E-state index is 0.640. The third-order valence-electron chi connectivity index (χ3n) is 3.83. The van der Waals surface area contributed by atoms with Gasteiger partial charge in [-0.15, -0.1) is 0 Å². The molecule has 2 aromatic rings. The minimum atomic E-state index is 0.640. The van der Waals surface area contributed by atoms with Gasteiger partial charge < -0.3 is 15.0 Å². The van der Waals surface area contributed by atoms with Crippen LogP contribution in [-0.2, 0) is 11.3 Å². The molecule has 0 amide bonds. The van der Waals surface area contributed by atoms with Crippen molar-refractivity contribution in [1.29, 1.82) is 0 Å². The van der Waals surface area contributed by atoms with Crippen molar-refractivity contribution in [3.63, 3.8) is 0 Å². The normalized spacial score (nSPS) is 10.4. The lowest BCUT2D eigenvalue weighted by Crippen LogP contribution is -2.36. The molecule has 0 unspecified atom stereocenters. The molecule has 3 nitrogen and oxygen atoms in total. The van der Waals surface area contributed by atoms with Gasteiger partial charge in [-0.25, -0.2) is 0 Å².